The molecule has 4 heteroatoms. The minimum Gasteiger partial charge on any atom is -0.271 e. The second kappa shape index (κ2) is 7.10. The summed E-state index contributed by atoms with van der Waals surface area (Å²) in [5.74, 6) is -0.309. The molecule has 3 aromatic rings. The molecule has 0 radical (unpaired) electrons. The third-order valence-electron chi connectivity index (χ3n) is 4.50. The zero-order valence-corrected chi connectivity index (χ0v) is 15.4. The Morgan fingerprint density at radius 3 is 2.42 bits per heavy atom. The number of hydrogen-bond donors (Lipinski definition) is 0. The summed E-state index contributed by atoms with van der Waals surface area (Å²) in [6, 6.07) is 21.9. The predicted octanol–water partition coefficient (Wildman–Crippen LogP) is 5.98. The maximum atomic E-state index is 14.6. The second-order valence-electron chi connectivity index (χ2n) is 6.22. The van der Waals surface area contributed by atoms with E-state index in [9.17, 15) is 4.39 Å². The van der Waals surface area contributed by atoms with Crippen LogP contribution < -0.4 is 0 Å². The van der Waals surface area contributed by atoms with Crippen LogP contribution in [0.1, 0.15) is 28.3 Å². The maximum absolute atomic E-state index is 14.6. The van der Waals surface area contributed by atoms with Gasteiger partial charge in [0.2, 0.25) is 0 Å². The molecule has 1 atom stereocenters. The van der Waals surface area contributed by atoms with Crippen LogP contribution in [0.5, 0.6) is 0 Å². The van der Waals surface area contributed by atoms with Gasteiger partial charge in [-0.3, -0.25) is 4.99 Å². The molecule has 0 N–H and O–H groups in total. The molecule has 0 fully saturated rings. The lowest BCUT2D eigenvalue weighted by molar-refractivity contribution is 0.625. The molecule has 1 aliphatic heterocycles. The number of hydrogen-bond acceptors (Lipinski definition) is 2. The molecule has 0 aromatic heterocycles. The lowest BCUT2D eigenvalue weighted by Crippen LogP contribution is -2.11. The summed E-state index contributed by atoms with van der Waals surface area (Å²) in [6.45, 7) is 0. The van der Waals surface area contributed by atoms with Gasteiger partial charge in [-0.2, -0.15) is 0 Å². The Hall–Kier alpha value is -2.36. The smallest absolute Gasteiger partial charge is 0.132 e. The maximum Gasteiger partial charge on any atom is 0.132 e. The van der Waals surface area contributed by atoms with E-state index in [0.29, 0.717) is 22.7 Å². The van der Waals surface area contributed by atoms with Crippen molar-refractivity contribution in [2.75, 3.05) is 0 Å². The van der Waals surface area contributed by atoms with E-state index in [0.717, 1.165) is 21.6 Å². The fourth-order valence-corrected chi connectivity index (χ4v) is 3.76. The van der Waals surface area contributed by atoms with Gasteiger partial charge >= 0.3 is 0 Å². The number of rotatable bonds is 2. The van der Waals surface area contributed by atoms with Crippen molar-refractivity contribution in [3.8, 4) is 0 Å². The highest BCUT2D eigenvalue weighted by atomic mass is 35.5. The van der Waals surface area contributed by atoms with E-state index in [1.807, 2.05) is 54.6 Å². The van der Waals surface area contributed by atoms with E-state index in [2.05, 4.69) is 0 Å². The van der Waals surface area contributed by atoms with Gasteiger partial charge in [0.15, 0.2) is 0 Å². The van der Waals surface area contributed by atoms with Gasteiger partial charge in [-0.25, -0.2) is 4.39 Å². The lowest BCUT2D eigenvalue weighted by Gasteiger charge is -2.14. The Kier molecular flexibility index (Phi) is 4.66. The quantitative estimate of drug-likeness (QED) is 0.498. The minimum absolute atomic E-state index is 0.299. The van der Waals surface area contributed by atoms with Gasteiger partial charge in [-0.1, -0.05) is 72.3 Å². The van der Waals surface area contributed by atoms with Crippen molar-refractivity contribution in [2.45, 2.75) is 12.5 Å². The molecule has 0 saturated carbocycles. The summed E-state index contributed by atoms with van der Waals surface area (Å²) >= 11 is 11.9. The molecule has 3 aromatic carbocycles. The van der Waals surface area contributed by atoms with Crippen LogP contribution in [-0.2, 0) is 6.42 Å². The summed E-state index contributed by atoms with van der Waals surface area (Å²) in [4.78, 5) is 5.73. The third-order valence-corrected chi connectivity index (χ3v) is 5.10. The molecule has 1 nitrogen and oxygen atoms in total. The van der Waals surface area contributed by atoms with Crippen LogP contribution in [-0.4, -0.2) is 10.6 Å². The van der Waals surface area contributed by atoms with Crippen LogP contribution in [0.25, 0.3) is 0 Å². The van der Waals surface area contributed by atoms with E-state index in [1.165, 1.54) is 6.07 Å². The molecule has 4 rings (SSSR count). The summed E-state index contributed by atoms with van der Waals surface area (Å²) in [5, 5.41) is 0.594. The van der Waals surface area contributed by atoms with Gasteiger partial charge in [-0.15, -0.1) is 0 Å². The SMILES string of the molecule is Fc1ccccc1C1=N[C@@H](c2ccccc2)C(=S)Cc2ccc(Cl)cc21. The van der Waals surface area contributed by atoms with Crippen molar-refractivity contribution in [1.29, 1.82) is 0 Å². The minimum atomic E-state index is -0.309. The standard InChI is InChI=1S/C22H15ClFNS/c23-16-11-10-15-12-20(26)21(14-6-2-1-3-7-14)25-22(18(15)13-16)17-8-4-5-9-19(17)24/h1-11,13,21H,12H2/t21-/m0/s1. The highest BCUT2D eigenvalue weighted by Crippen LogP contribution is 2.31. The van der Waals surface area contributed by atoms with Gasteiger partial charge in [-0.05, 0) is 35.4 Å². The van der Waals surface area contributed by atoms with Crippen LogP contribution in [0, 0.1) is 5.82 Å². The molecule has 0 spiro atoms. The molecule has 1 aliphatic rings. The summed E-state index contributed by atoms with van der Waals surface area (Å²) in [7, 11) is 0. The molecule has 128 valence electrons. The molecule has 0 unspecified atom stereocenters. The normalized spacial score (nSPS) is 16.6. The number of nitrogens with zero attached hydrogens (tertiary/aromatic N) is 1. The first kappa shape index (κ1) is 17.1. The van der Waals surface area contributed by atoms with Crippen LogP contribution in [0.15, 0.2) is 77.8 Å². The Labute approximate surface area is 162 Å². The van der Waals surface area contributed by atoms with Crippen molar-refractivity contribution in [3.05, 3.63) is 106 Å². The molecular formula is C22H15ClFNS. The van der Waals surface area contributed by atoms with E-state index in [4.69, 9.17) is 28.8 Å². The molecule has 26 heavy (non-hydrogen) atoms. The van der Waals surface area contributed by atoms with Gasteiger partial charge in [0, 0.05) is 27.4 Å². The highest BCUT2D eigenvalue weighted by Gasteiger charge is 2.26. The first-order chi connectivity index (χ1) is 12.6. The molecular weight excluding hydrogens is 365 g/mol. The third kappa shape index (κ3) is 3.20. The zero-order chi connectivity index (χ0) is 18.1. The van der Waals surface area contributed by atoms with Crippen molar-refractivity contribution < 1.29 is 4.39 Å². The van der Waals surface area contributed by atoms with E-state index < -0.39 is 0 Å². The van der Waals surface area contributed by atoms with Gasteiger partial charge in [0.1, 0.15) is 11.9 Å². The Morgan fingerprint density at radius 2 is 1.65 bits per heavy atom. The molecule has 0 saturated heterocycles. The Balaban J connectivity index is 1.97. The van der Waals surface area contributed by atoms with E-state index >= 15 is 0 Å². The van der Waals surface area contributed by atoms with Gasteiger partial charge in [0.05, 0.1) is 5.71 Å². The Morgan fingerprint density at radius 1 is 0.923 bits per heavy atom. The summed E-state index contributed by atoms with van der Waals surface area (Å²) < 4.78 is 14.6. The van der Waals surface area contributed by atoms with Crippen LogP contribution >= 0.6 is 23.8 Å². The highest BCUT2D eigenvalue weighted by molar-refractivity contribution is 7.80. The van der Waals surface area contributed by atoms with E-state index in [1.54, 1.807) is 12.1 Å². The number of fused-ring (bicyclic) bond motifs is 1. The van der Waals surface area contributed by atoms with E-state index in [-0.39, 0.29) is 11.9 Å². The van der Waals surface area contributed by atoms with Crippen LogP contribution in [0.3, 0.4) is 0 Å². The van der Waals surface area contributed by atoms with Crippen molar-refractivity contribution in [1.82, 2.24) is 0 Å². The zero-order valence-electron chi connectivity index (χ0n) is 13.8. The predicted molar refractivity (Wildman–Crippen MR) is 109 cm³/mol. The molecule has 1 heterocycles. The van der Waals surface area contributed by atoms with Gasteiger partial charge < -0.3 is 0 Å². The number of thiocarbonyl (C=S) groups is 1. The lowest BCUT2D eigenvalue weighted by atomic mass is 9.95. The summed E-state index contributed by atoms with van der Waals surface area (Å²) in [5.41, 5.74) is 3.91. The average molecular weight is 380 g/mol. The number of aliphatic imine (C=N–C) groups is 1. The average Bonchev–Trinajstić information content (AvgIpc) is 2.79. The first-order valence-electron chi connectivity index (χ1n) is 8.32. The molecule has 0 aliphatic carbocycles. The second-order valence-corrected chi connectivity index (χ2v) is 7.18. The first-order valence-corrected chi connectivity index (χ1v) is 9.11. The topological polar surface area (TPSA) is 12.4 Å². The van der Waals surface area contributed by atoms with Crippen molar-refractivity contribution in [3.63, 3.8) is 0 Å². The van der Waals surface area contributed by atoms with Crippen molar-refractivity contribution >= 4 is 34.4 Å². The number of benzene rings is 3. The monoisotopic (exact) mass is 379 g/mol. The number of halogens is 2. The van der Waals surface area contributed by atoms with Crippen LogP contribution in [0.2, 0.25) is 5.02 Å². The fourth-order valence-electron chi connectivity index (χ4n) is 3.24. The molecule has 0 bridgehead atoms. The molecule has 0 amide bonds. The van der Waals surface area contributed by atoms with Crippen LogP contribution in [0.4, 0.5) is 4.39 Å². The van der Waals surface area contributed by atoms with Gasteiger partial charge in [0.25, 0.3) is 0 Å². The van der Waals surface area contributed by atoms with Crippen molar-refractivity contribution in [2.24, 2.45) is 4.99 Å². The summed E-state index contributed by atoms with van der Waals surface area (Å²) in [6.07, 6.45) is 0.600. The largest absolute Gasteiger partial charge is 0.271 e. The fraction of sp³-hybridized carbons (Fsp3) is 0.0909. The Bertz CT molecular complexity index is 1010.